The van der Waals surface area contributed by atoms with Crippen molar-refractivity contribution in [1.29, 1.82) is 0 Å². The number of pyridine rings is 1. The Morgan fingerprint density at radius 2 is 1.90 bits per heavy atom. The number of nitrogens with one attached hydrogen (secondary N) is 2. The first-order valence-electron chi connectivity index (χ1n) is 17.6. The van der Waals surface area contributed by atoms with Gasteiger partial charge in [-0.1, -0.05) is 26.8 Å². The summed E-state index contributed by atoms with van der Waals surface area (Å²) in [6.45, 7) is 13.6. The van der Waals surface area contributed by atoms with Crippen molar-refractivity contribution < 1.29 is 9.13 Å². The van der Waals surface area contributed by atoms with Gasteiger partial charge in [-0.25, -0.2) is 14.4 Å². The fourth-order valence-corrected chi connectivity index (χ4v) is 8.58. The molecule has 3 aliphatic carbocycles. The molecule has 49 heavy (non-hydrogen) atoms. The molecule has 4 aromatic rings. The average molecular weight is 666 g/mol. The molecule has 3 heterocycles. The third kappa shape index (κ3) is 6.43. The lowest BCUT2D eigenvalue weighted by Crippen LogP contribution is -2.59. The molecule has 1 saturated heterocycles. The van der Waals surface area contributed by atoms with Crippen LogP contribution in [0.2, 0.25) is 0 Å². The van der Waals surface area contributed by atoms with Crippen LogP contribution in [0.3, 0.4) is 0 Å². The van der Waals surface area contributed by atoms with E-state index in [0.29, 0.717) is 75.3 Å². The zero-order valence-corrected chi connectivity index (χ0v) is 29.4. The molecule has 1 aliphatic heterocycles. The lowest BCUT2D eigenvalue weighted by atomic mass is 9.45. The van der Waals surface area contributed by atoms with Crippen molar-refractivity contribution in [1.82, 2.24) is 24.8 Å². The Bertz CT molecular complexity index is 1920. The second kappa shape index (κ2) is 13.2. The number of aryl methyl sites for hydroxylation is 1. The van der Waals surface area contributed by atoms with Gasteiger partial charge in [0.25, 0.3) is 5.56 Å². The number of halogens is 1. The van der Waals surface area contributed by atoms with E-state index in [1.807, 2.05) is 30.3 Å². The number of methoxy groups -OCH3 is 1. The highest BCUT2D eigenvalue weighted by Gasteiger charge is 2.56. The van der Waals surface area contributed by atoms with Crippen molar-refractivity contribution in [3.8, 4) is 17.1 Å². The highest BCUT2D eigenvalue weighted by Crippen LogP contribution is 2.61. The van der Waals surface area contributed by atoms with Gasteiger partial charge in [0, 0.05) is 61.4 Å². The second-order valence-electron chi connectivity index (χ2n) is 15.0. The van der Waals surface area contributed by atoms with Crippen molar-refractivity contribution in [3.05, 3.63) is 82.7 Å². The molecule has 9 nitrogen and oxygen atoms in total. The van der Waals surface area contributed by atoms with Crippen LogP contribution in [-0.4, -0.2) is 63.7 Å². The van der Waals surface area contributed by atoms with Crippen LogP contribution in [0.15, 0.2) is 70.7 Å². The van der Waals surface area contributed by atoms with Gasteiger partial charge in [0.15, 0.2) is 5.96 Å². The molecule has 4 fully saturated rings. The molecule has 2 N–H and O–H groups in total. The summed E-state index contributed by atoms with van der Waals surface area (Å²) in [6.07, 6.45) is 6.14. The Balaban J connectivity index is 1.24. The summed E-state index contributed by atoms with van der Waals surface area (Å²) >= 11 is 0. The lowest BCUT2D eigenvalue weighted by Gasteiger charge is -2.61. The van der Waals surface area contributed by atoms with Crippen LogP contribution in [-0.2, 0) is 13.0 Å². The summed E-state index contributed by atoms with van der Waals surface area (Å²) < 4.78 is 21.6. The zero-order valence-electron chi connectivity index (χ0n) is 29.4. The van der Waals surface area contributed by atoms with E-state index in [4.69, 9.17) is 14.7 Å². The monoisotopic (exact) mass is 665 g/mol. The summed E-state index contributed by atoms with van der Waals surface area (Å²) in [4.78, 5) is 31.3. The minimum Gasteiger partial charge on any atom is -0.497 e. The number of rotatable bonds is 7. The zero-order chi connectivity index (χ0) is 34.4. The number of benzene rings is 2. The van der Waals surface area contributed by atoms with Gasteiger partial charge in [0.1, 0.15) is 17.4 Å². The molecule has 2 aromatic heterocycles. The quantitative estimate of drug-likeness (QED) is 0.175. The normalized spacial score (nSPS) is 26.3. The predicted octanol–water partition coefficient (Wildman–Crippen LogP) is 6.37. The number of nitrogens with zero attached hydrogens (tertiary/aromatic N) is 5. The maximum absolute atomic E-state index is 14.9. The maximum atomic E-state index is 14.9. The van der Waals surface area contributed by atoms with Gasteiger partial charge in [0.05, 0.1) is 24.1 Å². The van der Waals surface area contributed by atoms with E-state index < -0.39 is 0 Å². The van der Waals surface area contributed by atoms with Crippen molar-refractivity contribution in [2.45, 2.75) is 78.6 Å². The summed E-state index contributed by atoms with van der Waals surface area (Å²) in [6, 6.07) is 15.2. The topological polar surface area (TPSA) is 96.7 Å². The number of ether oxygens (including phenoxy) is 1. The largest absolute Gasteiger partial charge is 0.497 e. The molecule has 0 spiro atoms. The van der Waals surface area contributed by atoms with Crippen LogP contribution in [0.25, 0.3) is 22.3 Å². The minimum atomic E-state index is -0.367. The minimum absolute atomic E-state index is 0.180. The number of aromatic nitrogens is 3. The Labute approximate surface area is 288 Å². The molecule has 2 aromatic carbocycles. The smallest absolute Gasteiger partial charge is 0.261 e. The molecule has 4 aliphatic rings. The van der Waals surface area contributed by atoms with Gasteiger partial charge in [-0.15, -0.1) is 0 Å². The molecule has 3 saturated carbocycles. The SMILES string of the molecule is COc1ccc(CCn2c(-c3cccnc3)nc3cc(NC(=N[C@H]4C[C@H]5C[C@H]([C@H]4C)C5(C)C)N4C[C@@H](C)N[C@@H](C)C4)ccc3c2=O)c(F)c1. The second-order valence-corrected chi connectivity index (χ2v) is 15.0. The van der Waals surface area contributed by atoms with Crippen LogP contribution in [0.4, 0.5) is 10.1 Å². The van der Waals surface area contributed by atoms with Gasteiger partial charge >= 0.3 is 0 Å². The fourth-order valence-electron chi connectivity index (χ4n) is 8.58. The summed E-state index contributed by atoms with van der Waals surface area (Å²) in [5.41, 5.74) is 2.84. The van der Waals surface area contributed by atoms with E-state index in [-0.39, 0.29) is 24.0 Å². The van der Waals surface area contributed by atoms with Crippen LogP contribution in [0.1, 0.15) is 53.0 Å². The average Bonchev–Trinajstić information content (AvgIpc) is 3.08. The van der Waals surface area contributed by atoms with Crippen molar-refractivity contribution in [2.75, 3.05) is 25.5 Å². The van der Waals surface area contributed by atoms with Gasteiger partial charge in [0.2, 0.25) is 0 Å². The van der Waals surface area contributed by atoms with Gasteiger partial charge < -0.3 is 20.3 Å². The number of piperazine rings is 1. The Morgan fingerprint density at radius 3 is 2.57 bits per heavy atom. The molecule has 2 bridgehead atoms. The van der Waals surface area contributed by atoms with Crippen LogP contribution >= 0.6 is 0 Å². The first-order chi connectivity index (χ1) is 23.5. The summed E-state index contributed by atoms with van der Waals surface area (Å²) in [5.74, 6) is 3.39. The first-order valence-corrected chi connectivity index (χ1v) is 17.6. The third-order valence-electron chi connectivity index (χ3n) is 11.5. The first kappa shape index (κ1) is 33.2. The van der Waals surface area contributed by atoms with Crippen molar-refractivity contribution in [3.63, 3.8) is 0 Å². The van der Waals surface area contributed by atoms with E-state index in [1.54, 1.807) is 29.1 Å². The predicted molar refractivity (Wildman–Crippen MR) is 194 cm³/mol. The molecule has 8 rings (SSSR count). The Morgan fingerprint density at radius 1 is 1.10 bits per heavy atom. The van der Waals surface area contributed by atoms with E-state index in [0.717, 1.165) is 31.2 Å². The maximum Gasteiger partial charge on any atom is 0.261 e. The van der Waals surface area contributed by atoms with Crippen molar-refractivity contribution in [2.24, 2.45) is 28.2 Å². The van der Waals surface area contributed by atoms with E-state index in [2.05, 4.69) is 55.1 Å². The third-order valence-corrected chi connectivity index (χ3v) is 11.5. The number of guanidine groups is 1. The van der Waals surface area contributed by atoms with Crippen LogP contribution in [0.5, 0.6) is 5.75 Å². The molecule has 0 unspecified atom stereocenters. The number of anilines is 1. The van der Waals surface area contributed by atoms with E-state index in [9.17, 15) is 9.18 Å². The summed E-state index contributed by atoms with van der Waals surface area (Å²) in [7, 11) is 1.51. The van der Waals surface area contributed by atoms with Gasteiger partial charge in [-0.05, 0) is 98.2 Å². The molecule has 10 heteroatoms. The number of hydrogen-bond donors (Lipinski definition) is 2. The molecular weight excluding hydrogens is 617 g/mol. The molecule has 6 atom stereocenters. The molecule has 0 radical (unpaired) electrons. The molecule has 258 valence electrons. The fraction of sp³-hybridized carbons (Fsp3) is 0.487. The lowest BCUT2D eigenvalue weighted by molar-refractivity contribution is -0.108. The van der Waals surface area contributed by atoms with Gasteiger partial charge in [-0.2, -0.15) is 0 Å². The Kier molecular flexibility index (Phi) is 8.94. The van der Waals surface area contributed by atoms with E-state index >= 15 is 0 Å². The van der Waals surface area contributed by atoms with Crippen LogP contribution < -0.4 is 20.9 Å². The number of fused-ring (bicyclic) bond motifs is 3. The summed E-state index contributed by atoms with van der Waals surface area (Å²) in [5, 5.41) is 7.84. The number of aliphatic imine (C=N–C) groups is 1. The highest BCUT2D eigenvalue weighted by atomic mass is 19.1. The highest BCUT2D eigenvalue weighted by molar-refractivity contribution is 5.96. The van der Waals surface area contributed by atoms with Gasteiger partial charge in [-0.3, -0.25) is 14.3 Å². The molecule has 0 amide bonds. The molecular formula is C39H48FN7O2. The standard InChI is InChI=1S/C39H48FN7O2/c1-23-21-46(22-24(2)42-23)38(45-34-17-28-16-32(25(34)3)39(28,4)5)43-29-10-12-31-35(18-29)44-36(27-8-7-14-41-20-27)47(37(31)48)15-13-26-9-11-30(49-6)19-33(26)40/h7-12,14,18-20,23-25,28,32,34,42H,13,15-17,21-22H2,1-6H3,(H,43,45)/t23-,24+,25-,28-,32-,34+/m1/s1. The number of hydrogen-bond acceptors (Lipinski definition) is 6. The Hall–Kier alpha value is -4.31. The van der Waals surface area contributed by atoms with E-state index in [1.165, 1.54) is 19.6 Å². The van der Waals surface area contributed by atoms with Crippen LogP contribution in [0, 0.1) is 29.0 Å². The van der Waals surface area contributed by atoms with Crippen molar-refractivity contribution >= 4 is 22.5 Å².